The van der Waals surface area contributed by atoms with Crippen LogP contribution in [-0.4, -0.2) is 20.7 Å². The molecule has 2 aromatic heterocycles. The lowest BCUT2D eigenvalue weighted by molar-refractivity contribution is 0.0547. The minimum absolute atomic E-state index is 0.184. The number of allylic oxidation sites excluding steroid dienone is 1. The highest BCUT2D eigenvalue weighted by molar-refractivity contribution is 7.14. The minimum atomic E-state index is -0.184. The van der Waals surface area contributed by atoms with Crippen LogP contribution in [0.4, 0.5) is 0 Å². The maximum Gasteiger partial charge on any atom is 0.293 e. The Balaban J connectivity index is 1.88. The standard InChI is InChI=1S/C13H15N3O2S/c1-8-7-14-12(19-8)10-15-11(18-16-10)9-5-4-6-13(2,3)17-9/h5,7H,4,6H2,1-3H3. The third kappa shape index (κ3) is 2.53. The second kappa shape index (κ2) is 4.45. The summed E-state index contributed by atoms with van der Waals surface area (Å²) in [6.07, 6.45) is 5.74. The van der Waals surface area contributed by atoms with Gasteiger partial charge in [-0.15, -0.1) is 11.3 Å². The molecule has 19 heavy (non-hydrogen) atoms. The molecular formula is C13H15N3O2S. The number of rotatable bonds is 2. The third-order valence-corrected chi connectivity index (χ3v) is 3.82. The maximum absolute atomic E-state index is 5.86. The monoisotopic (exact) mass is 277 g/mol. The third-order valence-electron chi connectivity index (χ3n) is 2.91. The number of hydrogen-bond acceptors (Lipinski definition) is 6. The van der Waals surface area contributed by atoms with Gasteiger partial charge in [0.2, 0.25) is 5.82 Å². The van der Waals surface area contributed by atoms with Crippen LogP contribution in [0.1, 0.15) is 37.5 Å². The highest BCUT2D eigenvalue weighted by Crippen LogP contribution is 2.32. The van der Waals surface area contributed by atoms with Crippen LogP contribution in [-0.2, 0) is 4.74 Å². The average Bonchev–Trinajstić information content (AvgIpc) is 2.95. The Morgan fingerprint density at radius 3 is 2.89 bits per heavy atom. The molecule has 0 aliphatic carbocycles. The summed E-state index contributed by atoms with van der Waals surface area (Å²) < 4.78 is 11.1. The van der Waals surface area contributed by atoms with Crippen LogP contribution in [0, 0.1) is 6.92 Å². The van der Waals surface area contributed by atoms with E-state index in [1.54, 1.807) is 17.5 Å². The van der Waals surface area contributed by atoms with Crippen molar-refractivity contribution >= 4 is 17.1 Å². The smallest absolute Gasteiger partial charge is 0.293 e. The summed E-state index contributed by atoms with van der Waals surface area (Å²) in [4.78, 5) is 9.73. The first-order chi connectivity index (χ1) is 9.03. The van der Waals surface area contributed by atoms with Crippen molar-refractivity contribution in [1.29, 1.82) is 0 Å². The van der Waals surface area contributed by atoms with E-state index in [0.717, 1.165) is 22.7 Å². The second-order valence-corrected chi connectivity index (χ2v) is 6.40. The Morgan fingerprint density at radius 2 is 2.21 bits per heavy atom. The molecule has 0 spiro atoms. The van der Waals surface area contributed by atoms with Crippen molar-refractivity contribution < 1.29 is 9.26 Å². The predicted octanol–water partition coefficient (Wildman–Crippen LogP) is 3.43. The fourth-order valence-corrected chi connectivity index (χ4v) is 2.63. The normalized spacial score (nSPS) is 17.9. The summed E-state index contributed by atoms with van der Waals surface area (Å²) in [5.41, 5.74) is -0.184. The van der Waals surface area contributed by atoms with Gasteiger partial charge < -0.3 is 9.26 Å². The van der Waals surface area contributed by atoms with Crippen LogP contribution >= 0.6 is 11.3 Å². The molecule has 0 bridgehead atoms. The molecule has 3 heterocycles. The summed E-state index contributed by atoms with van der Waals surface area (Å²) >= 11 is 1.54. The first-order valence-corrected chi connectivity index (χ1v) is 7.01. The molecule has 0 aromatic carbocycles. The van der Waals surface area contributed by atoms with E-state index in [9.17, 15) is 0 Å². The molecule has 0 atom stereocenters. The van der Waals surface area contributed by atoms with Gasteiger partial charge in [0.25, 0.3) is 5.89 Å². The SMILES string of the molecule is Cc1cnc(-c2noc(C3=CCCC(C)(C)O3)n2)s1. The lowest BCUT2D eigenvalue weighted by Gasteiger charge is -2.29. The molecule has 2 aromatic rings. The summed E-state index contributed by atoms with van der Waals surface area (Å²) in [7, 11) is 0. The van der Waals surface area contributed by atoms with Gasteiger partial charge in [-0.2, -0.15) is 4.98 Å². The van der Waals surface area contributed by atoms with Gasteiger partial charge in [-0.05, 0) is 39.7 Å². The zero-order valence-electron chi connectivity index (χ0n) is 11.1. The van der Waals surface area contributed by atoms with Gasteiger partial charge in [0.1, 0.15) is 5.60 Å². The summed E-state index contributed by atoms with van der Waals surface area (Å²) in [6.45, 7) is 6.11. The van der Waals surface area contributed by atoms with Gasteiger partial charge in [0.15, 0.2) is 10.8 Å². The van der Waals surface area contributed by atoms with E-state index >= 15 is 0 Å². The van der Waals surface area contributed by atoms with E-state index in [1.165, 1.54) is 0 Å². The highest BCUT2D eigenvalue weighted by atomic mass is 32.1. The van der Waals surface area contributed by atoms with E-state index in [0.29, 0.717) is 17.5 Å². The van der Waals surface area contributed by atoms with Gasteiger partial charge >= 0.3 is 0 Å². The Morgan fingerprint density at radius 1 is 1.37 bits per heavy atom. The molecular weight excluding hydrogens is 262 g/mol. The van der Waals surface area contributed by atoms with E-state index in [-0.39, 0.29) is 5.60 Å². The number of thiazole rings is 1. The predicted molar refractivity (Wildman–Crippen MR) is 72.5 cm³/mol. The largest absolute Gasteiger partial charge is 0.482 e. The van der Waals surface area contributed by atoms with Crippen molar-refractivity contribution in [2.75, 3.05) is 0 Å². The Hall–Kier alpha value is -1.69. The van der Waals surface area contributed by atoms with Crippen molar-refractivity contribution in [3.63, 3.8) is 0 Å². The molecule has 0 radical (unpaired) electrons. The van der Waals surface area contributed by atoms with E-state index in [4.69, 9.17) is 9.26 Å². The quantitative estimate of drug-likeness (QED) is 0.841. The molecule has 100 valence electrons. The van der Waals surface area contributed by atoms with Crippen LogP contribution in [0.3, 0.4) is 0 Å². The van der Waals surface area contributed by atoms with Crippen molar-refractivity contribution in [2.45, 2.75) is 39.2 Å². The summed E-state index contributed by atoms with van der Waals surface area (Å²) in [5, 5.41) is 4.73. The lowest BCUT2D eigenvalue weighted by Crippen LogP contribution is -2.26. The molecule has 6 heteroatoms. The number of hydrogen-bond donors (Lipinski definition) is 0. The molecule has 0 N–H and O–H groups in total. The van der Waals surface area contributed by atoms with Gasteiger partial charge in [-0.3, -0.25) is 0 Å². The number of aromatic nitrogens is 3. The summed E-state index contributed by atoms with van der Waals surface area (Å²) in [5.74, 6) is 1.61. The minimum Gasteiger partial charge on any atom is -0.482 e. The lowest BCUT2D eigenvalue weighted by atomic mass is 9.99. The molecule has 0 fully saturated rings. The van der Waals surface area contributed by atoms with Gasteiger partial charge in [-0.1, -0.05) is 5.16 Å². The van der Waals surface area contributed by atoms with E-state index in [1.807, 2.05) is 13.0 Å². The maximum atomic E-state index is 5.86. The van der Waals surface area contributed by atoms with E-state index in [2.05, 4.69) is 29.0 Å². The Labute approximate surface area is 115 Å². The van der Waals surface area contributed by atoms with Crippen LogP contribution < -0.4 is 0 Å². The average molecular weight is 277 g/mol. The Bertz CT molecular complexity index is 627. The number of nitrogens with zero attached hydrogens (tertiary/aromatic N) is 3. The van der Waals surface area contributed by atoms with Crippen molar-refractivity contribution in [1.82, 2.24) is 15.1 Å². The van der Waals surface area contributed by atoms with Crippen molar-refractivity contribution in [3.8, 4) is 10.8 Å². The first-order valence-electron chi connectivity index (χ1n) is 6.19. The zero-order valence-corrected chi connectivity index (χ0v) is 12.0. The summed E-state index contributed by atoms with van der Waals surface area (Å²) in [6, 6.07) is 0. The topological polar surface area (TPSA) is 61.0 Å². The number of ether oxygens (including phenoxy) is 1. The second-order valence-electron chi connectivity index (χ2n) is 5.17. The molecule has 0 amide bonds. The van der Waals surface area contributed by atoms with Crippen LogP contribution in [0.25, 0.3) is 16.6 Å². The van der Waals surface area contributed by atoms with Crippen molar-refractivity contribution in [2.24, 2.45) is 0 Å². The van der Waals surface area contributed by atoms with Crippen LogP contribution in [0.5, 0.6) is 0 Å². The van der Waals surface area contributed by atoms with Crippen LogP contribution in [0.15, 0.2) is 16.8 Å². The van der Waals surface area contributed by atoms with Gasteiger partial charge in [0, 0.05) is 11.1 Å². The molecule has 0 saturated carbocycles. The van der Waals surface area contributed by atoms with Crippen molar-refractivity contribution in [3.05, 3.63) is 23.0 Å². The molecule has 0 saturated heterocycles. The molecule has 1 aliphatic heterocycles. The fraction of sp³-hybridized carbons (Fsp3) is 0.462. The first kappa shape index (κ1) is 12.3. The molecule has 0 unspecified atom stereocenters. The molecule has 5 nitrogen and oxygen atoms in total. The Kier molecular flexibility index (Phi) is 2.89. The van der Waals surface area contributed by atoms with Gasteiger partial charge in [-0.25, -0.2) is 4.98 Å². The molecule has 3 rings (SSSR count). The van der Waals surface area contributed by atoms with Crippen LogP contribution in [0.2, 0.25) is 0 Å². The highest BCUT2D eigenvalue weighted by Gasteiger charge is 2.27. The molecule has 1 aliphatic rings. The fourth-order valence-electron chi connectivity index (χ4n) is 1.94. The zero-order chi connectivity index (χ0) is 13.5. The number of aryl methyl sites for hydroxylation is 1. The van der Waals surface area contributed by atoms with E-state index < -0.39 is 0 Å². The van der Waals surface area contributed by atoms with Gasteiger partial charge in [0.05, 0.1) is 0 Å².